The van der Waals surface area contributed by atoms with Gasteiger partial charge in [-0.25, -0.2) is 0 Å². The number of benzene rings is 2. The van der Waals surface area contributed by atoms with Crippen LogP contribution in [0.25, 0.3) is 0 Å². The Labute approximate surface area is 137 Å². The lowest BCUT2D eigenvalue weighted by molar-refractivity contribution is -0.138. The van der Waals surface area contributed by atoms with E-state index in [2.05, 4.69) is 6.92 Å². The summed E-state index contributed by atoms with van der Waals surface area (Å²) in [6.45, 7) is 6.71. The molecule has 0 amide bonds. The van der Waals surface area contributed by atoms with Gasteiger partial charge in [0.1, 0.15) is 5.75 Å². The Morgan fingerprint density at radius 2 is 1.96 bits per heavy atom. The zero-order chi connectivity index (χ0) is 16.8. The van der Waals surface area contributed by atoms with Gasteiger partial charge >= 0.3 is 5.97 Å². The van der Waals surface area contributed by atoms with Crippen LogP contribution in [0.4, 0.5) is 0 Å². The maximum Gasteiger partial charge on any atom is 0.311 e. The van der Waals surface area contributed by atoms with Gasteiger partial charge in [0, 0.05) is 0 Å². The Morgan fingerprint density at radius 3 is 2.57 bits per heavy atom. The van der Waals surface area contributed by atoms with E-state index in [9.17, 15) is 9.90 Å². The standard InChI is InChI=1S/C20H24O3/c1-4-10-23-19-9-8-17(12-15(19)3)18(20(21)22)13-16-7-5-6-14(2)11-16/h5-9,11-12,18H,4,10,13H2,1-3H3,(H,21,22). The SMILES string of the molecule is CCCOc1ccc(C(Cc2cccc(C)c2)C(=O)O)cc1C. The fourth-order valence-electron chi connectivity index (χ4n) is 2.69. The molecule has 0 spiro atoms. The molecule has 2 aromatic carbocycles. The van der Waals surface area contributed by atoms with Gasteiger partial charge in [-0.15, -0.1) is 0 Å². The molecule has 0 bridgehead atoms. The number of carbonyl (C=O) groups is 1. The van der Waals surface area contributed by atoms with Crippen molar-refractivity contribution >= 4 is 5.97 Å². The normalized spacial score (nSPS) is 12.0. The van der Waals surface area contributed by atoms with Gasteiger partial charge in [0.15, 0.2) is 0 Å². The largest absolute Gasteiger partial charge is 0.493 e. The van der Waals surface area contributed by atoms with E-state index in [1.54, 1.807) is 0 Å². The van der Waals surface area contributed by atoms with E-state index in [0.29, 0.717) is 13.0 Å². The van der Waals surface area contributed by atoms with Crippen LogP contribution in [0.15, 0.2) is 42.5 Å². The minimum Gasteiger partial charge on any atom is -0.493 e. The number of rotatable bonds is 7. The number of aryl methyl sites for hydroxylation is 2. The molecule has 23 heavy (non-hydrogen) atoms. The Morgan fingerprint density at radius 1 is 1.17 bits per heavy atom. The van der Waals surface area contributed by atoms with Crippen molar-refractivity contribution in [1.29, 1.82) is 0 Å². The monoisotopic (exact) mass is 312 g/mol. The minimum absolute atomic E-state index is 0.492. The van der Waals surface area contributed by atoms with Gasteiger partial charge in [-0.05, 0) is 49.4 Å². The molecule has 0 aliphatic rings. The summed E-state index contributed by atoms with van der Waals surface area (Å²) >= 11 is 0. The second kappa shape index (κ2) is 7.82. The van der Waals surface area contributed by atoms with Crippen LogP contribution in [0, 0.1) is 13.8 Å². The van der Waals surface area contributed by atoms with Crippen molar-refractivity contribution in [3.63, 3.8) is 0 Å². The second-order valence-corrected chi connectivity index (χ2v) is 5.96. The summed E-state index contributed by atoms with van der Waals surface area (Å²) in [6.07, 6.45) is 1.44. The zero-order valence-corrected chi connectivity index (χ0v) is 14.0. The molecular weight excluding hydrogens is 288 g/mol. The summed E-state index contributed by atoms with van der Waals surface area (Å²) < 4.78 is 5.67. The molecule has 3 heteroatoms. The smallest absolute Gasteiger partial charge is 0.311 e. The molecule has 0 heterocycles. The Hall–Kier alpha value is -2.29. The van der Waals surface area contributed by atoms with Gasteiger partial charge in [-0.3, -0.25) is 4.79 Å². The quantitative estimate of drug-likeness (QED) is 0.818. The van der Waals surface area contributed by atoms with Crippen molar-refractivity contribution in [2.75, 3.05) is 6.61 Å². The average Bonchev–Trinajstić information content (AvgIpc) is 2.51. The van der Waals surface area contributed by atoms with Gasteiger partial charge in [-0.1, -0.05) is 48.9 Å². The predicted octanol–water partition coefficient (Wildman–Crippen LogP) is 4.50. The highest BCUT2D eigenvalue weighted by Crippen LogP contribution is 2.27. The first-order chi connectivity index (χ1) is 11.0. The summed E-state index contributed by atoms with van der Waals surface area (Å²) in [7, 11) is 0. The van der Waals surface area contributed by atoms with Crippen LogP contribution in [-0.4, -0.2) is 17.7 Å². The van der Waals surface area contributed by atoms with Gasteiger partial charge in [-0.2, -0.15) is 0 Å². The maximum absolute atomic E-state index is 11.7. The van der Waals surface area contributed by atoms with E-state index >= 15 is 0 Å². The Kier molecular flexibility index (Phi) is 5.80. The van der Waals surface area contributed by atoms with E-state index < -0.39 is 11.9 Å². The first kappa shape index (κ1) is 17.1. The van der Waals surface area contributed by atoms with Crippen molar-refractivity contribution < 1.29 is 14.6 Å². The third kappa shape index (κ3) is 4.59. The molecule has 0 radical (unpaired) electrons. The fourth-order valence-corrected chi connectivity index (χ4v) is 2.69. The Balaban J connectivity index is 2.24. The highest BCUT2D eigenvalue weighted by Gasteiger charge is 2.21. The highest BCUT2D eigenvalue weighted by atomic mass is 16.5. The first-order valence-electron chi connectivity index (χ1n) is 8.03. The van der Waals surface area contributed by atoms with E-state index in [0.717, 1.165) is 34.4 Å². The molecule has 2 aromatic rings. The molecule has 2 rings (SSSR count). The van der Waals surface area contributed by atoms with Crippen LogP contribution in [0.1, 0.15) is 41.5 Å². The maximum atomic E-state index is 11.7. The van der Waals surface area contributed by atoms with Crippen LogP contribution >= 0.6 is 0 Å². The average molecular weight is 312 g/mol. The zero-order valence-electron chi connectivity index (χ0n) is 14.0. The molecule has 3 nitrogen and oxygen atoms in total. The number of hydrogen-bond donors (Lipinski definition) is 1. The molecule has 0 aliphatic heterocycles. The highest BCUT2D eigenvalue weighted by molar-refractivity contribution is 5.76. The molecule has 1 unspecified atom stereocenters. The van der Waals surface area contributed by atoms with Crippen molar-refractivity contribution in [2.45, 2.75) is 39.5 Å². The molecule has 0 saturated carbocycles. The summed E-state index contributed by atoms with van der Waals surface area (Å²) in [6, 6.07) is 13.7. The summed E-state index contributed by atoms with van der Waals surface area (Å²) in [5.74, 6) is -0.515. The van der Waals surface area contributed by atoms with Gasteiger partial charge in [0.05, 0.1) is 12.5 Å². The topological polar surface area (TPSA) is 46.5 Å². The van der Waals surface area contributed by atoms with Crippen molar-refractivity contribution in [1.82, 2.24) is 0 Å². The molecule has 0 fully saturated rings. The van der Waals surface area contributed by atoms with E-state index in [1.807, 2.05) is 56.3 Å². The van der Waals surface area contributed by atoms with E-state index in [-0.39, 0.29) is 0 Å². The summed E-state index contributed by atoms with van der Waals surface area (Å²) in [5.41, 5.74) is 3.99. The van der Waals surface area contributed by atoms with Gasteiger partial charge < -0.3 is 9.84 Å². The molecular formula is C20H24O3. The molecule has 1 atom stereocenters. The lowest BCUT2D eigenvalue weighted by atomic mass is 9.90. The third-order valence-electron chi connectivity index (χ3n) is 3.88. The third-order valence-corrected chi connectivity index (χ3v) is 3.88. The lowest BCUT2D eigenvalue weighted by Crippen LogP contribution is -2.15. The molecule has 122 valence electrons. The predicted molar refractivity (Wildman–Crippen MR) is 92.2 cm³/mol. The molecule has 0 aliphatic carbocycles. The molecule has 1 N–H and O–H groups in total. The Bertz CT molecular complexity index is 676. The fraction of sp³-hybridized carbons (Fsp3) is 0.350. The van der Waals surface area contributed by atoms with E-state index in [1.165, 1.54) is 0 Å². The molecule has 0 aromatic heterocycles. The van der Waals surface area contributed by atoms with Crippen LogP contribution in [0.3, 0.4) is 0 Å². The van der Waals surface area contributed by atoms with Crippen molar-refractivity contribution in [3.8, 4) is 5.75 Å². The number of hydrogen-bond acceptors (Lipinski definition) is 2. The number of aliphatic carboxylic acids is 1. The van der Waals surface area contributed by atoms with Gasteiger partial charge in [0.25, 0.3) is 0 Å². The van der Waals surface area contributed by atoms with Crippen molar-refractivity contribution in [2.24, 2.45) is 0 Å². The van der Waals surface area contributed by atoms with Crippen LogP contribution in [0.2, 0.25) is 0 Å². The van der Waals surface area contributed by atoms with Crippen LogP contribution in [-0.2, 0) is 11.2 Å². The van der Waals surface area contributed by atoms with Crippen LogP contribution in [0.5, 0.6) is 5.75 Å². The summed E-state index contributed by atoms with van der Waals surface area (Å²) in [5, 5.41) is 9.63. The number of carboxylic acids is 1. The van der Waals surface area contributed by atoms with Gasteiger partial charge in [0.2, 0.25) is 0 Å². The summed E-state index contributed by atoms with van der Waals surface area (Å²) in [4.78, 5) is 11.7. The van der Waals surface area contributed by atoms with Crippen molar-refractivity contribution in [3.05, 3.63) is 64.7 Å². The van der Waals surface area contributed by atoms with Crippen LogP contribution < -0.4 is 4.74 Å². The lowest BCUT2D eigenvalue weighted by Gasteiger charge is -2.16. The molecule has 0 saturated heterocycles. The number of carboxylic acid groups (broad SMARTS) is 1. The van der Waals surface area contributed by atoms with E-state index in [4.69, 9.17) is 4.74 Å². The first-order valence-corrected chi connectivity index (χ1v) is 8.03. The minimum atomic E-state index is -0.798. The number of ether oxygens (including phenoxy) is 1. The second-order valence-electron chi connectivity index (χ2n) is 5.96.